The lowest BCUT2D eigenvalue weighted by molar-refractivity contribution is -0.180. The third-order valence-electron chi connectivity index (χ3n) is 6.62. The van der Waals surface area contributed by atoms with Gasteiger partial charge in [0.15, 0.2) is 5.78 Å². The highest BCUT2D eigenvalue weighted by Gasteiger charge is 2.63. The van der Waals surface area contributed by atoms with Crippen LogP contribution in [0.3, 0.4) is 0 Å². The number of hydrogen-bond acceptors (Lipinski definition) is 2. The second-order valence-corrected chi connectivity index (χ2v) is 9.28. The van der Waals surface area contributed by atoms with Gasteiger partial charge in [-0.3, -0.25) is 9.59 Å². The molecule has 5 aliphatic rings. The molecule has 1 saturated heterocycles. The van der Waals surface area contributed by atoms with Crippen LogP contribution in [-0.2, 0) is 9.59 Å². The standard InChI is InChI=1S/C18H27NO2/c1-16-6-13-7-17(2,10-16)12-18(8-13,11-16)15(21)19-5-3-4-14(20)9-19/h13H,3-12H2,1-2H3. The molecule has 0 aromatic heterocycles. The number of carbonyl (C=O) groups excluding carboxylic acids is 2. The number of carbonyl (C=O) groups is 2. The predicted octanol–water partition coefficient (Wildman–Crippen LogP) is 3.17. The Labute approximate surface area is 127 Å². The van der Waals surface area contributed by atoms with Crippen LogP contribution in [0.2, 0.25) is 0 Å². The Balaban J connectivity index is 1.64. The van der Waals surface area contributed by atoms with Crippen LogP contribution in [-0.4, -0.2) is 29.7 Å². The molecule has 4 saturated carbocycles. The molecule has 1 aliphatic heterocycles. The number of rotatable bonds is 1. The summed E-state index contributed by atoms with van der Waals surface area (Å²) in [7, 11) is 0. The molecule has 0 radical (unpaired) electrons. The molecule has 0 N–H and O–H groups in total. The first-order valence-corrected chi connectivity index (χ1v) is 8.63. The van der Waals surface area contributed by atoms with E-state index in [2.05, 4.69) is 13.8 Å². The quantitative estimate of drug-likeness (QED) is 0.743. The molecular formula is C18H27NO2. The second kappa shape index (κ2) is 4.11. The van der Waals surface area contributed by atoms with Crippen molar-refractivity contribution in [2.45, 2.75) is 65.2 Å². The van der Waals surface area contributed by atoms with Gasteiger partial charge in [0.25, 0.3) is 0 Å². The van der Waals surface area contributed by atoms with Gasteiger partial charge >= 0.3 is 0 Å². The highest BCUT2D eigenvalue weighted by molar-refractivity contribution is 5.90. The number of Topliss-reactive ketones (excluding diaryl/α,β-unsaturated/α-hetero) is 1. The zero-order valence-corrected chi connectivity index (χ0v) is 13.4. The largest absolute Gasteiger partial charge is 0.335 e. The van der Waals surface area contributed by atoms with E-state index in [-0.39, 0.29) is 11.2 Å². The van der Waals surface area contributed by atoms with Crippen molar-refractivity contribution in [2.75, 3.05) is 13.1 Å². The number of amides is 1. The van der Waals surface area contributed by atoms with Crippen LogP contribution >= 0.6 is 0 Å². The maximum atomic E-state index is 13.3. The van der Waals surface area contributed by atoms with Crippen molar-refractivity contribution in [3.63, 3.8) is 0 Å². The lowest BCUT2D eigenvalue weighted by Crippen LogP contribution is -2.61. The highest BCUT2D eigenvalue weighted by atomic mass is 16.2. The summed E-state index contributed by atoms with van der Waals surface area (Å²) in [5.74, 6) is 1.30. The minimum atomic E-state index is -0.138. The summed E-state index contributed by atoms with van der Waals surface area (Å²) in [6.07, 6.45) is 8.66. The molecule has 2 atom stereocenters. The highest BCUT2D eigenvalue weighted by Crippen LogP contribution is 2.69. The Bertz CT molecular complexity index is 493. The lowest BCUT2D eigenvalue weighted by Gasteiger charge is -2.65. The van der Waals surface area contributed by atoms with Gasteiger partial charge in [0.2, 0.25) is 5.91 Å². The molecule has 4 bridgehead atoms. The number of ketones is 1. The van der Waals surface area contributed by atoms with Crippen molar-refractivity contribution in [3.05, 3.63) is 0 Å². The van der Waals surface area contributed by atoms with Gasteiger partial charge < -0.3 is 4.90 Å². The van der Waals surface area contributed by atoms with Crippen LogP contribution in [0.1, 0.15) is 65.2 Å². The average molecular weight is 289 g/mol. The van der Waals surface area contributed by atoms with E-state index in [9.17, 15) is 9.59 Å². The van der Waals surface area contributed by atoms with Gasteiger partial charge in [0, 0.05) is 13.0 Å². The molecule has 21 heavy (non-hydrogen) atoms. The monoisotopic (exact) mass is 289 g/mol. The fraction of sp³-hybridized carbons (Fsp3) is 0.889. The van der Waals surface area contributed by atoms with E-state index in [0.29, 0.717) is 29.7 Å². The van der Waals surface area contributed by atoms with E-state index >= 15 is 0 Å². The summed E-state index contributed by atoms with van der Waals surface area (Å²) in [4.78, 5) is 26.9. The Morgan fingerprint density at radius 3 is 2.33 bits per heavy atom. The van der Waals surface area contributed by atoms with Crippen LogP contribution in [0, 0.1) is 22.2 Å². The van der Waals surface area contributed by atoms with E-state index in [0.717, 1.165) is 38.1 Å². The maximum absolute atomic E-state index is 13.3. The van der Waals surface area contributed by atoms with Crippen molar-refractivity contribution < 1.29 is 9.59 Å². The van der Waals surface area contributed by atoms with Gasteiger partial charge in [0.1, 0.15) is 0 Å². The number of likely N-dealkylation sites (tertiary alicyclic amines) is 1. The Morgan fingerprint density at radius 1 is 1.10 bits per heavy atom. The Morgan fingerprint density at radius 2 is 1.76 bits per heavy atom. The number of piperidine rings is 1. The molecule has 4 aliphatic carbocycles. The third-order valence-corrected chi connectivity index (χ3v) is 6.62. The van der Waals surface area contributed by atoms with Crippen LogP contribution in [0.5, 0.6) is 0 Å². The zero-order chi connectivity index (χ0) is 14.9. The summed E-state index contributed by atoms with van der Waals surface area (Å²) < 4.78 is 0. The Kier molecular flexibility index (Phi) is 2.70. The normalized spacial score (nSPS) is 48.8. The number of hydrogen-bond donors (Lipinski definition) is 0. The molecular weight excluding hydrogens is 262 g/mol. The first-order chi connectivity index (χ1) is 9.82. The van der Waals surface area contributed by atoms with Crippen LogP contribution in [0.25, 0.3) is 0 Å². The topological polar surface area (TPSA) is 37.4 Å². The summed E-state index contributed by atoms with van der Waals surface area (Å²) in [5.41, 5.74) is 0.591. The maximum Gasteiger partial charge on any atom is 0.229 e. The van der Waals surface area contributed by atoms with Gasteiger partial charge in [-0.05, 0) is 61.7 Å². The van der Waals surface area contributed by atoms with E-state index in [1.165, 1.54) is 19.3 Å². The molecule has 0 spiro atoms. The lowest BCUT2D eigenvalue weighted by atomic mass is 9.40. The molecule has 116 valence electrons. The van der Waals surface area contributed by atoms with Crippen molar-refractivity contribution in [2.24, 2.45) is 22.2 Å². The molecule has 1 amide bonds. The molecule has 3 nitrogen and oxygen atoms in total. The summed E-state index contributed by atoms with van der Waals surface area (Å²) in [6, 6.07) is 0. The van der Waals surface area contributed by atoms with Crippen molar-refractivity contribution >= 4 is 11.7 Å². The molecule has 5 rings (SSSR count). The molecule has 2 unspecified atom stereocenters. The van der Waals surface area contributed by atoms with Crippen LogP contribution < -0.4 is 0 Å². The SMILES string of the molecule is CC12CC3CC(C)(C1)CC(C(=O)N1CCCC(=O)C1)(C3)C2. The fourth-order valence-corrected chi connectivity index (χ4v) is 7.03. The molecule has 0 aromatic carbocycles. The van der Waals surface area contributed by atoms with Crippen molar-refractivity contribution in [1.82, 2.24) is 4.90 Å². The van der Waals surface area contributed by atoms with Crippen LogP contribution in [0.4, 0.5) is 0 Å². The third kappa shape index (κ3) is 2.07. The van der Waals surface area contributed by atoms with Crippen molar-refractivity contribution in [3.8, 4) is 0 Å². The van der Waals surface area contributed by atoms with Gasteiger partial charge in [-0.1, -0.05) is 13.8 Å². The van der Waals surface area contributed by atoms with E-state index in [1.807, 2.05) is 4.90 Å². The first kappa shape index (κ1) is 13.8. The van der Waals surface area contributed by atoms with Gasteiger partial charge in [-0.2, -0.15) is 0 Å². The van der Waals surface area contributed by atoms with Crippen molar-refractivity contribution in [1.29, 1.82) is 0 Å². The summed E-state index contributed by atoms with van der Waals surface area (Å²) in [5, 5.41) is 0. The zero-order valence-electron chi connectivity index (χ0n) is 13.4. The van der Waals surface area contributed by atoms with E-state index < -0.39 is 0 Å². The summed E-state index contributed by atoms with van der Waals surface area (Å²) >= 11 is 0. The summed E-state index contributed by atoms with van der Waals surface area (Å²) in [6.45, 7) is 5.97. The molecule has 0 aromatic rings. The fourth-order valence-electron chi connectivity index (χ4n) is 7.03. The molecule has 5 fully saturated rings. The van der Waals surface area contributed by atoms with Gasteiger partial charge in [-0.15, -0.1) is 0 Å². The Hall–Kier alpha value is -0.860. The van der Waals surface area contributed by atoms with Gasteiger partial charge in [0.05, 0.1) is 12.0 Å². The van der Waals surface area contributed by atoms with Crippen LogP contribution in [0.15, 0.2) is 0 Å². The first-order valence-electron chi connectivity index (χ1n) is 8.63. The van der Waals surface area contributed by atoms with Gasteiger partial charge in [-0.25, -0.2) is 0 Å². The smallest absolute Gasteiger partial charge is 0.229 e. The van der Waals surface area contributed by atoms with E-state index in [4.69, 9.17) is 0 Å². The number of nitrogens with zero attached hydrogens (tertiary/aromatic N) is 1. The minimum Gasteiger partial charge on any atom is -0.335 e. The predicted molar refractivity (Wildman–Crippen MR) is 80.7 cm³/mol. The minimum absolute atomic E-state index is 0.138. The average Bonchev–Trinajstić information content (AvgIpc) is 2.33. The molecule has 3 heteroatoms. The van der Waals surface area contributed by atoms with E-state index in [1.54, 1.807) is 0 Å². The second-order valence-electron chi connectivity index (χ2n) is 9.28. The molecule has 1 heterocycles.